The SMILES string of the molecule is CCNC(CCCc1ccccc1)c1c(Cl)cnn1CC. The van der Waals surface area contributed by atoms with Crippen molar-refractivity contribution >= 4 is 11.6 Å². The first-order chi connectivity index (χ1) is 10.3. The van der Waals surface area contributed by atoms with Crippen molar-refractivity contribution in [3.63, 3.8) is 0 Å². The number of hydrogen-bond donors (Lipinski definition) is 1. The van der Waals surface area contributed by atoms with Gasteiger partial charge in [-0.3, -0.25) is 4.68 Å². The zero-order valence-electron chi connectivity index (χ0n) is 12.8. The lowest BCUT2D eigenvalue weighted by Crippen LogP contribution is -2.24. The third kappa shape index (κ3) is 4.32. The van der Waals surface area contributed by atoms with Crippen LogP contribution in [-0.4, -0.2) is 16.3 Å². The van der Waals surface area contributed by atoms with Crippen LogP contribution in [0.4, 0.5) is 0 Å². The highest BCUT2D eigenvalue weighted by molar-refractivity contribution is 6.31. The number of rotatable bonds is 8. The Morgan fingerprint density at radius 2 is 2.00 bits per heavy atom. The van der Waals surface area contributed by atoms with Crippen molar-refractivity contribution in [1.82, 2.24) is 15.1 Å². The Labute approximate surface area is 132 Å². The smallest absolute Gasteiger partial charge is 0.0834 e. The third-order valence-corrected chi connectivity index (χ3v) is 4.01. The molecule has 0 aliphatic heterocycles. The number of benzene rings is 1. The maximum absolute atomic E-state index is 6.33. The van der Waals surface area contributed by atoms with Gasteiger partial charge in [-0.2, -0.15) is 5.10 Å². The van der Waals surface area contributed by atoms with E-state index in [0.717, 1.165) is 43.1 Å². The fourth-order valence-corrected chi connectivity index (χ4v) is 2.98. The molecule has 1 atom stereocenters. The molecule has 3 nitrogen and oxygen atoms in total. The summed E-state index contributed by atoms with van der Waals surface area (Å²) < 4.78 is 2.00. The van der Waals surface area contributed by atoms with Crippen molar-refractivity contribution < 1.29 is 0 Å². The van der Waals surface area contributed by atoms with Crippen LogP contribution in [-0.2, 0) is 13.0 Å². The van der Waals surface area contributed by atoms with Gasteiger partial charge in [0.15, 0.2) is 0 Å². The number of halogens is 1. The van der Waals surface area contributed by atoms with E-state index in [1.54, 1.807) is 6.20 Å². The van der Waals surface area contributed by atoms with Crippen LogP contribution in [0, 0.1) is 0 Å². The lowest BCUT2D eigenvalue weighted by Gasteiger charge is -2.19. The molecule has 0 fully saturated rings. The Kier molecular flexibility index (Phi) is 6.27. The van der Waals surface area contributed by atoms with Gasteiger partial charge in [-0.25, -0.2) is 0 Å². The van der Waals surface area contributed by atoms with Crippen LogP contribution in [0.3, 0.4) is 0 Å². The van der Waals surface area contributed by atoms with Crippen molar-refractivity contribution in [3.05, 3.63) is 52.8 Å². The normalized spacial score (nSPS) is 12.5. The minimum Gasteiger partial charge on any atom is -0.309 e. The van der Waals surface area contributed by atoms with Crippen molar-refractivity contribution in [1.29, 1.82) is 0 Å². The second-order valence-corrected chi connectivity index (χ2v) is 5.59. The highest BCUT2D eigenvalue weighted by Crippen LogP contribution is 2.26. The molecule has 1 aromatic heterocycles. The van der Waals surface area contributed by atoms with Gasteiger partial charge < -0.3 is 5.32 Å². The number of aromatic nitrogens is 2. The Hall–Kier alpha value is -1.32. The maximum Gasteiger partial charge on any atom is 0.0834 e. The molecule has 1 N–H and O–H groups in total. The van der Waals surface area contributed by atoms with E-state index >= 15 is 0 Å². The van der Waals surface area contributed by atoms with E-state index in [1.807, 2.05) is 4.68 Å². The van der Waals surface area contributed by atoms with Crippen molar-refractivity contribution in [3.8, 4) is 0 Å². The number of aryl methyl sites for hydroxylation is 2. The summed E-state index contributed by atoms with van der Waals surface area (Å²) in [5.74, 6) is 0. The predicted octanol–water partition coefficient (Wildman–Crippen LogP) is 4.23. The summed E-state index contributed by atoms with van der Waals surface area (Å²) in [6.07, 6.45) is 5.05. The van der Waals surface area contributed by atoms with Crippen LogP contribution in [0.2, 0.25) is 5.02 Å². The van der Waals surface area contributed by atoms with Gasteiger partial charge in [0.2, 0.25) is 0 Å². The molecule has 114 valence electrons. The fraction of sp³-hybridized carbons (Fsp3) is 0.471. The molecule has 0 amide bonds. The van der Waals surface area contributed by atoms with E-state index < -0.39 is 0 Å². The molecule has 0 aliphatic rings. The van der Waals surface area contributed by atoms with E-state index in [9.17, 15) is 0 Å². The summed E-state index contributed by atoms with van der Waals surface area (Å²) in [7, 11) is 0. The Balaban J connectivity index is 2.00. The van der Waals surface area contributed by atoms with Gasteiger partial charge in [0, 0.05) is 6.54 Å². The largest absolute Gasteiger partial charge is 0.309 e. The highest BCUT2D eigenvalue weighted by atomic mass is 35.5. The third-order valence-electron chi connectivity index (χ3n) is 3.71. The second kappa shape index (κ2) is 8.20. The minimum atomic E-state index is 0.272. The van der Waals surface area contributed by atoms with Gasteiger partial charge >= 0.3 is 0 Å². The monoisotopic (exact) mass is 305 g/mol. The van der Waals surface area contributed by atoms with Gasteiger partial charge in [0.05, 0.1) is 23.0 Å². The highest BCUT2D eigenvalue weighted by Gasteiger charge is 2.18. The molecule has 0 bridgehead atoms. The summed E-state index contributed by atoms with van der Waals surface area (Å²) in [5.41, 5.74) is 2.51. The molecular weight excluding hydrogens is 282 g/mol. The molecule has 21 heavy (non-hydrogen) atoms. The lowest BCUT2D eigenvalue weighted by atomic mass is 10.0. The van der Waals surface area contributed by atoms with Gasteiger partial charge in [-0.1, -0.05) is 48.9 Å². The quantitative estimate of drug-likeness (QED) is 0.791. The summed E-state index contributed by atoms with van der Waals surface area (Å²) in [6, 6.07) is 10.9. The number of nitrogens with zero attached hydrogens (tertiary/aromatic N) is 2. The summed E-state index contributed by atoms with van der Waals surface area (Å²) in [4.78, 5) is 0. The van der Waals surface area contributed by atoms with E-state index in [4.69, 9.17) is 11.6 Å². The molecule has 0 spiro atoms. The Morgan fingerprint density at radius 1 is 1.24 bits per heavy atom. The predicted molar refractivity (Wildman–Crippen MR) is 88.7 cm³/mol. The lowest BCUT2D eigenvalue weighted by molar-refractivity contribution is 0.455. The molecule has 1 aromatic carbocycles. The number of nitrogens with one attached hydrogen (secondary N) is 1. The molecule has 0 saturated heterocycles. The van der Waals surface area contributed by atoms with Crippen molar-refractivity contribution in [2.45, 2.75) is 45.7 Å². The van der Waals surface area contributed by atoms with Crippen molar-refractivity contribution in [2.24, 2.45) is 0 Å². The molecule has 0 saturated carbocycles. The summed E-state index contributed by atoms with van der Waals surface area (Å²) in [6.45, 7) is 6.01. The molecular formula is C17H24ClN3. The van der Waals surface area contributed by atoms with E-state index in [0.29, 0.717) is 0 Å². The van der Waals surface area contributed by atoms with Crippen LogP contribution in [0.15, 0.2) is 36.5 Å². The Bertz CT molecular complexity index is 536. The minimum absolute atomic E-state index is 0.272. The average molecular weight is 306 g/mol. The second-order valence-electron chi connectivity index (χ2n) is 5.18. The van der Waals surface area contributed by atoms with Crippen molar-refractivity contribution in [2.75, 3.05) is 6.54 Å². The van der Waals surface area contributed by atoms with E-state index in [1.165, 1.54) is 5.56 Å². The average Bonchev–Trinajstić information content (AvgIpc) is 2.88. The molecule has 2 aromatic rings. The first kappa shape index (κ1) is 16.1. The van der Waals surface area contributed by atoms with E-state index in [2.05, 4.69) is 54.6 Å². The molecule has 0 radical (unpaired) electrons. The zero-order valence-corrected chi connectivity index (χ0v) is 13.6. The first-order valence-corrected chi connectivity index (χ1v) is 8.12. The molecule has 1 heterocycles. The number of hydrogen-bond acceptors (Lipinski definition) is 2. The van der Waals surface area contributed by atoms with Crippen LogP contribution < -0.4 is 5.32 Å². The summed E-state index contributed by atoms with van der Waals surface area (Å²) >= 11 is 6.33. The van der Waals surface area contributed by atoms with Gasteiger partial charge in [0.25, 0.3) is 0 Å². The van der Waals surface area contributed by atoms with Crippen LogP contribution in [0.5, 0.6) is 0 Å². The van der Waals surface area contributed by atoms with Crippen LogP contribution >= 0.6 is 11.6 Å². The molecule has 4 heteroatoms. The van der Waals surface area contributed by atoms with Crippen LogP contribution in [0.1, 0.15) is 44.0 Å². The molecule has 2 rings (SSSR count). The van der Waals surface area contributed by atoms with Crippen LogP contribution in [0.25, 0.3) is 0 Å². The Morgan fingerprint density at radius 3 is 2.67 bits per heavy atom. The molecule has 0 aliphatic carbocycles. The van der Waals surface area contributed by atoms with E-state index in [-0.39, 0.29) is 6.04 Å². The first-order valence-electron chi connectivity index (χ1n) is 7.74. The van der Waals surface area contributed by atoms with Gasteiger partial charge in [-0.05, 0) is 38.3 Å². The van der Waals surface area contributed by atoms with Gasteiger partial charge in [-0.15, -0.1) is 0 Å². The maximum atomic E-state index is 6.33. The summed E-state index contributed by atoms with van der Waals surface area (Å²) in [5, 5.41) is 8.66. The zero-order chi connectivity index (χ0) is 15.1. The van der Waals surface area contributed by atoms with Gasteiger partial charge in [0.1, 0.15) is 0 Å². The molecule has 1 unspecified atom stereocenters. The fourth-order valence-electron chi connectivity index (χ4n) is 2.71. The topological polar surface area (TPSA) is 29.9 Å². The standard InChI is InChI=1S/C17H24ClN3/c1-3-19-16(17-15(18)13-20-21(17)4-2)12-8-11-14-9-6-5-7-10-14/h5-7,9-10,13,16,19H,3-4,8,11-12H2,1-2H3.